The number of carbonyl (C=O) groups excluding carboxylic acids is 1. The number of benzene rings is 2. The molecule has 0 radical (unpaired) electrons. The van der Waals surface area contributed by atoms with E-state index in [0.29, 0.717) is 36.4 Å². The monoisotopic (exact) mass is 462 g/mol. The highest BCUT2D eigenvalue weighted by atomic mass is 16.5. The van der Waals surface area contributed by atoms with Crippen molar-refractivity contribution in [2.45, 2.75) is 65.0 Å². The van der Waals surface area contributed by atoms with Crippen molar-refractivity contribution in [2.24, 2.45) is 5.92 Å². The third-order valence-electron chi connectivity index (χ3n) is 7.92. The molecule has 3 aliphatic rings. The Balaban J connectivity index is 1.16. The lowest BCUT2D eigenvalue weighted by Gasteiger charge is -2.29. The smallest absolute Gasteiger partial charge is 0.255 e. The van der Waals surface area contributed by atoms with E-state index >= 15 is 0 Å². The summed E-state index contributed by atoms with van der Waals surface area (Å²) in [5.41, 5.74) is 3.82. The largest absolute Gasteiger partial charge is 0.374 e. The Labute approximate surface area is 203 Å². The Hall–Kier alpha value is -2.41. The van der Waals surface area contributed by atoms with Crippen molar-refractivity contribution in [1.29, 1.82) is 0 Å². The minimum Gasteiger partial charge on any atom is -0.374 e. The van der Waals surface area contributed by atoms with Gasteiger partial charge in [-0.15, -0.1) is 0 Å². The van der Waals surface area contributed by atoms with Gasteiger partial charge in [-0.05, 0) is 74.1 Å². The fraction of sp³-hybridized carbons (Fsp3) is 0.536. The van der Waals surface area contributed by atoms with Gasteiger partial charge in [-0.2, -0.15) is 0 Å². The molecule has 2 unspecified atom stereocenters. The van der Waals surface area contributed by atoms with Gasteiger partial charge < -0.3 is 15.0 Å². The van der Waals surface area contributed by atoms with Gasteiger partial charge in [-0.25, -0.2) is 0 Å². The lowest BCUT2D eigenvalue weighted by atomic mass is 9.96. The van der Waals surface area contributed by atoms with E-state index in [2.05, 4.69) is 52.9 Å². The van der Waals surface area contributed by atoms with Gasteiger partial charge in [0.25, 0.3) is 5.91 Å². The number of nitrogens with one attached hydrogen (secondary N) is 1. The molecular weight excluding hydrogens is 424 g/mol. The van der Waals surface area contributed by atoms with Crippen molar-refractivity contribution in [3.05, 3.63) is 59.7 Å². The average Bonchev–Trinajstić information content (AvgIpc) is 3.39. The predicted molar refractivity (Wildman–Crippen MR) is 137 cm³/mol. The minimum absolute atomic E-state index is 0.0827. The maximum atomic E-state index is 12.7. The summed E-state index contributed by atoms with van der Waals surface area (Å²) < 4.78 is 5.86. The Morgan fingerprint density at radius 2 is 1.76 bits per heavy atom. The number of nitrogens with zero attached hydrogens (tertiary/aromatic N) is 3. The summed E-state index contributed by atoms with van der Waals surface area (Å²) in [6.07, 6.45) is 4.48. The molecule has 182 valence electrons. The Morgan fingerprint density at radius 1 is 1.03 bits per heavy atom. The molecule has 5 rings (SSSR count). The number of hydrogen-bond acceptors (Lipinski definition) is 5. The van der Waals surface area contributed by atoms with E-state index in [4.69, 9.17) is 4.74 Å². The third-order valence-corrected chi connectivity index (χ3v) is 7.92. The molecule has 0 bridgehead atoms. The van der Waals surface area contributed by atoms with E-state index in [0.717, 1.165) is 37.6 Å². The molecule has 1 amide bonds. The Kier molecular flexibility index (Phi) is 6.91. The molecule has 6 nitrogen and oxygen atoms in total. The molecule has 1 aliphatic carbocycles. The number of fused-ring (bicyclic) bond motifs is 1. The molecule has 2 heterocycles. The zero-order valence-electron chi connectivity index (χ0n) is 20.7. The highest BCUT2D eigenvalue weighted by molar-refractivity contribution is 6.04. The van der Waals surface area contributed by atoms with Crippen LogP contribution in [0.15, 0.2) is 48.5 Å². The number of amides is 1. The van der Waals surface area contributed by atoms with Gasteiger partial charge in [0.1, 0.15) is 0 Å². The van der Waals surface area contributed by atoms with E-state index < -0.39 is 0 Å². The first-order valence-corrected chi connectivity index (χ1v) is 12.8. The first-order valence-electron chi connectivity index (χ1n) is 12.8. The molecular formula is C28H38N4O2. The van der Waals surface area contributed by atoms with Crippen LogP contribution in [0.25, 0.3) is 0 Å². The molecule has 2 saturated heterocycles. The van der Waals surface area contributed by atoms with Crippen LogP contribution >= 0.6 is 0 Å². The molecule has 2 aromatic carbocycles. The highest BCUT2D eigenvalue weighted by Gasteiger charge is 2.41. The van der Waals surface area contributed by atoms with Crippen LogP contribution in [0.3, 0.4) is 0 Å². The van der Waals surface area contributed by atoms with Crippen LogP contribution in [0.1, 0.15) is 56.0 Å². The van der Waals surface area contributed by atoms with E-state index in [1.54, 1.807) is 0 Å². The standard InChI is InChI=1S/C28H38N4O2/c1-20(2)21(3)31-17-27-30(19-31)15-16-32(27)25-13-11-24(12-14-25)29-28(33)23-9-7-22(8-10-23)18-34-26-5-4-6-26/h7-14,20-21,26-27H,4-6,15-19H2,1-3H3,(H,29,33). The summed E-state index contributed by atoms with van der Waals surface area (Å²) in [5, 5.41) is 3.04. The molecule has 2 aromatic rings. The number of carbonyl (C=O) groups is 1. The van der Waals surface area contributed by atoms with Crippen LogP contribution < -0.4 is 10.2 Å². The van der Waals surface area contributed by atoms with Crippen LogP contribution in [0.2, 0.25) is 0 Å². The highest BCUT2D eigenvalue weighted by Crippen LogP contribution is 2.31. The van der Waals surface area contributed by atoms with Crippen LogP contribution in [-0.4, -0.2) is 60.3 Å². The molecule has 0 spiro atoms. The zero-order valence-corrected chi connectivity index (χ0v) is 20.7. The average molecular weight is 463 g/mol. The maximum Gasteiger partial charge on any atom is 0.255 e. The third kappa shape index (κ3) is 4.99. The molecule has 3 fully saturated rings. The van der Waals surface area contributed by atoms with Crippen LogP contribution in [0.4, 0.5) is 11.4 Å². The first-order chi connectivity index (χ1) is 16.5. The number of anilines is 2. The number of rotatable bonds is 8. The van der Waals surface area contributed by atoms with E-state index in [-0.39, 0.29) is 5.91 Å². The van der Waals surface area contributed by atoms with Gasteiger partial charge in [0.15, 0.2) is 0 Å². The Morgan fingerprint density at radius 3 is 2.41 bits per heavy atom. The fourth-order valence-electron chi connectivity index (χ4n) is 5.07. The van der Waals surface area contributed by atoms with Gasteiger partial charge in [0.2, 0.25) is 0 Å². The molecule has 2 atom stereocenters. The van der Waals surface area contributed by atoms with E-state index in [1.807, 2.05) is 36.4 Å². The van der Waals surface area contributed by atoms with Gasteiger partial charge in [-0.3, -0.25) is 14.6 Å². The summed E-state index contributed by atoms with van der Waals surface area (Å²) in [7, 11) is 0. The lowest BCUT2D eigenvalue weighted by Crippen LogP contribution is -2.40. The summed E-state index contributed by atoms with van der Waals surface area (Å²) in [6, 6.07) is 16.6. The summed E-state index contributed by atoms with van der Waals surface area (Å²) in [5.74, 6) is 0.578. The molecule has 34 heavy (non-hydrogen) atoms. The molecule has 1 saturated carbocycles. The zero-order chi connectivity index (χ0) is 23.7. The SMILES string of the molecule is CC(C)C(C)N1CC2N(CCN2c2ccc(NC(=O)c3ccc(COC4CCC4)cc3)cc2)C1. The van der Waals surface area contributed by atoms with Crippen molar-refractivity contribution in [1.82, 2.24) is 9.80 Å². The minimum atomic E-state index is -0.0827. The number of ether oxygens (including phenoxy) is 1. The van der Waals surface area contributed by atoms with Gasteiger partial charge in [-0.1, -0.05) is 26.0 Å². The molecule has 0 aromatic heterocycles. The fourth-order valence-corrected chi connectivity index (χ4v) is 5.07. The first kappa shape index (κ1) is 23.3. The van der Waals surface area contributed by atoms with Crippen molar-refractivity contribution in [3.63, 3.8) is 0 Å². The van der Waals surface area contributed by atoms with Crippen molar-refractivity contribution in [2.75, 3.05) is 36.5 Å². The van der Waals surface area contributed by atoms with Crippen LogP contribution in [0.5, 0.6) is 0 Å². The van der Waals surface area contributed by atoms with Crippen LogP contribution in [-0.2, 0) is 11.3 Å². The Bertz CT molecular complexity index is 971. The predicted octanol–water partition coefficient (Wildman–Crippen LogP) is 4.77. The second-order valence-electron chi connectivity index (χ2n) is 10.4. The van der Waals surface area contributed by atoms with E-state index in [1.165, 1.54) is 24.9 Å². The van der Waals surface area contributed by atoms with Gasteiger partial charge in [0, 0.05) is 42.6 Å². The summed E-state index contributed by atoms with van der Waals surface area (Å²) in [6.45, 7) is 11.9. The van der Waals surface area contributed by atoms with Crippen molar-refractivity contribution < 1.29 is 9.53 Å². The van der Waals surface area contributed by atoms with Gasteiger partial charge in [0.05, 0.1) is 25.5 Å². The molecule has 2 aliphatic heterocycles. The quantitative estimate of drug-likeness (QED) is 0.612. The molecule has 1 N–H and O–H groups in total. The molecule has 6 heteroatoms. The lowest BCUT2D eigenvalue weighted by molar-refractivity contribution is -0.00866. The van der Waals surface area contributed by atoms with E-state index in [9.17, 15) is 4.79 Å². The van der Waals surface area contributed by atoms with Crippen molar-refractivity contribution in [3.8, 4) is 0 Å². The summed E-state index contributed by atoms with van der Waals surface area (Å²) in [4.78, 5) is 20.4. The normalized spacial score (nSPS) is 22.1. The van der Waals surface area contributed by atoms with Crippen LogP contribution in [0, 0.1) is 5.92 Å². The number of hydrogen-bond donors (Lipinski definition) is 1. The summed E-state index contributed by atoms with van der Waals surface area (Å²) >= 11 is 0. The second kappa shape index (κ2) is 10.1. The van der Waals surface area contributed by atoms with Gasteiger partial charge >= 0.3 is 0 Å². The topological polar surface area (TPSA) is 48.0 Å². The van der Waals surface area contributed by atoms with Crippen molar-refractivity contribution >= 4 is 17.3 Å². The maximum absolute atomic E-state index is 12.7. The second-order valence-corrected chi connectivity index (χ2v) is 10.4.